The number of hydrogen-bond donors (Lipinski definition) is 0. The molecule has 0 saturated carbocycles. The van der Waals surface area contributed by atoms with Crippen LogP contribution in [0.25, 0.3) is 66.4 Å². The monoisotopic (exact) mass is 675 g/mol. The van der Waals surface area contributed by atoms with E-state index in [0.717, 1.165) is 17.1 Å². The number of benzene rings is 9. The molecule has 0 radical (unpaired) electrons. The Morgan fingerprint density at radius 1 is 0.226 bits per heavy atom. The SMILES string of the molecule is c1ccc(-c2cccc(-c3ccc(N(c4cccc(-c5ccccc5)c4)c4cccc(-c5cccc(-c6cccc7ccccc67)c5)c4)cc3)c2)cc1. The predicted molar refractivity (Wildman–Crippen MR) is 226 cm³/mol. The van der Waals surface area contributed by atoms with E-state index in [4.69, 9.17) is 0 Å². The van der Waals surface area contributed by atoms with Gasteiger partial charge in [-0.3, -0.25) is 0 Å². The quantitative estimate of drug-likeness (QED) is 0.155. The lowest BCUT2D eigenvalue weighted by molar-refractivity contribution is 1.28. The first-order valence-corrected chi connectivity index (χ1v) is 18.2. The number of hydrogen-bond acceptors (Lipinski definition) is 1. The maximum Gasteiger partial charge on any atom is 0.0467 e. The highest BCUT2D eigenvalue weighted by atomic mass is 15.1. The largest absolute Gasteiger partial charge is 0.310 e. The highest BCUT2D eigenvalue weighted by Gasteiger charge is 2.16. The van der Waals surface area contributed by atoms with Crippen molar-refractivity contribution in [3.05, 3.63) is 224 Å². The van der Waals surface area contributed by atoms with E-state index >= 15 is 0 Å². The van der Waals surface area contributed by atoms with E-state index in [1.54, 1.807) is 0 Å². The van der Waals surface area contributed by atoms with Gasteiger partial charge in [0.15, 0.2) is 0 Å². The van der Waals surface area contributed by atoms with Gasteiger partial charge in [-0.2, -0.15) is 0 Å². The Kier molecular flexibility index (Phi) is 8.66. The highest BCUT2D eigenvalue weighted by Crippen LogP contribution is 2.40. The van der Waals surface area contributed by atoms with Gasteiger partial charge in [-0.1, -0.05) is 176 Å². The van der Waals surface area contributed by atoms with Gasteiger partial charge in [0, 0.05) is 17.1 Å². The van der Waals surface area contributed by atoms with Gasteiger partial charge in [-0.25, -0.2) is 0 Å². The van der Waals surface area contributed by atoms with Crippen LogP contribution in [0, 0.1) is 0 Å². The number of anilines is 3. The van der Waals surface area contributed by atoms with Crippen molar-refractivity contribution >= 4 is 27.8 Å². The van der Waals surface area contributed by atoms with E-state index in [0.29, 0.717) is 0 Å². The molecule has 0 N–H and O–H groups in total. The van der Waals surface area contributed by atoms with Crippen molar-refractivity contribution < 1.29 is 0 Å². The van der Waals surface area contributed by atoms with Crippen LogP contribution in [-0.2, 0) is 0 Å². The van der Waals surface area contributed by atoms with Gasteiger partial charge >= 0.3 is 0 Å². The third kappa shape index (κ3) is 6.65. The van der Waals surface area contributed by atoms with Gasteiger partial charge in [0.25, 0.3) is 0 Å². The minimum Gasteiger partial charge on any atom is -0.310 e. The van der Waals surface area contributed by atoms with Crippen LogP contribution in [0.5, 0.6) is 0 Å². The Morgan fingerprint density at radius 2 is 0.623 bits per heavy atom. The molecule has 0 heterocycles. The minimum absolute atomic E-state index is 1.10. The summed E-state index contributed by atoms with van der Waals surface area (Å²) in [6, 6.07) is 80.8. The third-order valence-electron chi connectivity index (χ3n) is 10.0. The Hall–Kier alpha value is -6.96. The normalized spacial score (nSPS) is 11.0. The molecule has 1 heteroatoms. The first-order chi connectivity index (χ1) is 26.3. The van der Waals surface area contributed by atoms with Gasteiger partial charge in [0.1, 0.15) is 0 Å². The number of fused-ring (bicyclic) bond motifs is 1. The molecule has 53 heavy (non-hydrogen) atoms. The van der Waals surface area contributed by atoms with Crippen LogP contribution in [-0.4, -0.2) is 0 Å². The number of rotatable bonds is 8. The lowest BCUT2D eigenvalue weighted by Gasteiger charge is -2.27. The summed E-state index contributed by atoms with van der Waals surface area (Å²) in [5, 5.41) is 2.52. The molecule has 9 rings (SSSR count). The fraction of sp³-hybridized carbons (Fsp3) is 0. The molecular weight excluding hydrogens is 639 g/mol. The highest BCUT2D eigenvalue weighted by molar-refractivity contribution is 5.97. The molecule has 0 aromatic heterocycles. The average Bonchev–Trinajstić information content (AvgIpc) is 3.25. The smallest absolute Gasteiger partial charge is 0.0467 e. The maximum absolute atomic E-state index is 2.37. The molecule has 0 aliphatic carbocycles. The van der Waals surface area contributed by atoms with Crippen LogP contribution >= 0.6 is 0 Å². The van der Waals surface area contributed by atoms with Gasteiger partial charge in [0.05, 0.1) is 0 Å². The fourth-order valence-corrected chi connectivity index (χ4v) is 7.38. The van der Waals surface area contributed by atoms with Gasteiger partial charge in [-0.15, -0.1) is 0 Å². The molecular formula is C52H37N. The van der Waals surface area contributed by atoms with Gasteiger partial charge < -0.3 is 4.90 Å². The van der Waals surface area contributed by atoms with Crippen LogP contribution in [0.1, 0.15) is 0 Å². The summed E-state index contributed by atoms with van der Waals surface area (Å²) < 4.78 is 0. The van der Waals surface area contributed by atoms with Crippen molar-refractivity contribution in [1.82, 2.24) is 0 Å². The summed E-state index contributed by atoms with van der Waals surface area (Å²) in [6.07, 6.45) is 0. The molecule has 0 fully saturated rings. The first kappa shape index (κ1) is 32.0. The molecule has 0 bridgehead atoms. The van der Waals surface area contributed by atoms with Crippen molar-refractivity contribution in [3.63, 3.8) is 0 Å². The number of nitrogens with zero attached hydrogens (tertiary/aromatic N) is 1. The van der Waals surface area contributed by atoms with Crippen molar-refractivity contribution in [2.24, 2.45) is 0 Å². The first-order valence-electron chi connectivity index (χ1n) is 18.2. The molecule has 1 nitrogen and oxygen atoms in total. The summed E-state index contributed by atoms with van der Waals surface area (Å²) >= 11 is 0. The van der Waals surface area contributed by atoms with E-state index < -0.39 is 0 Å². The van der Waals surface area contributed by atoms with Crippen LogP contribution in [0.2, 0.25) is 0 Å². The van der Waals surface area contributed by atoms with Crippen molar-refractivity contribution in [3.8, 4) is 55.6 Å². The van der Waals surface area contributed by atoms with E-state index in [9.17, 15) is 0 Å². The molecule has 0 spiro atoms. The van der Waals surface area contributed by atoms with Crippen LogP contribution in [0.3, 0.4) is 0 Å². The molecule has 0 aliphatic heterocycles. The molecule has 0 saturated heterocycles. The molecule has 0 aliphatic rings. The van der Waals surface area contributed by atoms with Crippen LogP contribution < -0.4 is 4.90 Å². The predicted octanol–water partition coefficient (Wildman–Crippen LogP) is 14.6. The minimum atomic E-state index is 1.10. The maximum atomic E-state index is 2.37. The van der Waals surface area contributed by atoms with E-state index in [1.807, 2.05) is 0 Å². The molecule has 0 amide bonds. The van der Waals surface area contributed by atoms with Crippen LogP contribution in [0.4, 0.5) is 17.1 Å². The lowest BCUT2D eigenvalue weighted by Crippen LogP contribution is -2.10. The van der Waals surface area contributed by atoms with Crippen molar-refractivity contribution in [2.75, 3.05) is 4.90 Å². The summed E-state index contributed by atoms with van der Waals surface area (Å²) in [4.78, 5) is 2.37. The summed E-state index contributed by atoms with van der Waals surface area (Å²) in [5.41, 5.74) is 15.3. The third-order valence-corrected chi connectivity index (χ3v) is 10.0. The zero-order valence-corrected chi connectivity index (χ0v) is 29.3. The zero-order valence-electron chi connectivity index (χ0n) is 29.3. The van der Waals surface area contributed by atoms with Crippen molar-refractivity contribution in [1.29, 1.82) is 0 Å². The van der Waals surface area contributed by atoms with Gasteiger partial charge in [0.2, 0.25) is 0 Å². The van der Waals surface area contributed by atoms with E-state index in [2.05, 4.69) is 229 Å². The van der Waals surface area contributed by atoms with E-state index in [-0.39, 0.29) is 0 Å². The molecule has 9 aromatic carbocycles. The summed E-state index contributed by atoms with van der Waals surface area (Å²) in [6.45, 7) is 0. The summed E-state index contributed by atoms with van der Waals surface area (Å²) in [7, 11) is 0. The molecule has 0 atom stereocenters. The lowest BCUT2D eigenvalue weighted by atomic mass is 9.95. The molecule has 0 unspecified atom stereocenters. The van der Waals surface area contributed by atoms with Crippen molar-refractivity contribution in [2.45, 2.75) is 0 Å². The fourth-order valence-electron chi connectivity index (χ4n) is 7.38. The topological polar surface area (TPSA) is 3.24 Å². The standard InChI is InChI=1S/C52H37N/c1-3-14-38(15-4-1)42-20-9-21-43(34-42)40-30-32-48(33-31-40)53(49-26-11-23-45(36-49)39-16-5-2-6-17-39)50-27-12-24-46(37-50)44-22-10-25-47(35-44)52-29-13-19-41-18-7-8-28-51(41)52/h1-37H. The van der Waals surface area contributed by atoms with Crippen LogP contribution in [0.15, 0.2) is 224 Å². The Bertz CT molecular complexity index is 2650. The Labute approximate surface area is 311 Å². The second-order valence-corrected chi connectivity index (χ2v) is 13.4. The second kappa shape index (κ2) is 14.3. The zero-order chi connectivity index (χ0) is 35.4. The van der Waals surface area contributed by atoms with E-state index in [1.165, 1.54) is 66.4 Å². The average molecular weight is 676 g/mol. The van der Waals surface area contributed by atoms with Gasteiger partial charge in [-0.05, 0) is 115 Å². The Balaban J connectivity index is 1.12. The molecule has 9 aromatic rings. The second-order valence-electron chi connectivity index (χ2n) is 13.4. The Morgan fingerprint density at radius 3 is 1.25 bits per heavy atom. The molecule has 250 valence electrons. The summed E-state index contributed by atoms with van der Waals surface area (Å²) in [5.74, 6) is 0.